The third-order valence-corrected chi connectivity index (χ3v) is 4.53. The summed E-state index contributed by atoms with van der Waals surface area (Å²) in [4.78, 5) is 27.3. The van der Waals surface area contributed by atoms with E-state index in [1.807, 2.05) is 16.7 Å². The third-order valence-electron chi connectivity index (χ3n) is 4.53. The van der Waals surface area contributed by atoms with Crippen LogP contribution in [0, 0.1) is 16.0 Å². The Balaban J connectivity index is 1.79. The number of para-hydroxylation sites is 1. The van der Waals surface area contributed by atoms with E-state index in [2.05, 4.69) is 0 Å². The van der Waals surface area contributed by atoms with Crippen LogP contribution in [-0.2, 0) is 4.79 Å². The second-order valence-electron chi connectivity index (χ2n) is 6.25. The van der Waals surface area contributed by atoms with E-state index in [0.717, 1.165) is 25.8 Å². The lowest BCUT2D eigenvalue weighted by Crippen LogP contribution is -2.36. The first-order chi connectivity index (χ1) is 11.6. The van der Waals surface area contributed by atoms with E-state index < -0.39 is 0 Å². The summed E-state index contributed by atoms with van der Waals surface area (Å²) in [6.07, 6.45) is 2.82. The largest absolute Gasteiger partial charge is 0.487 e. The maximum Gasteiger partial charge on any atom is 0.333 e. The Morgan fingerprint density at radius 1 is 1.29 bits per heavy atom. The molecule has 0 bridgehead atoms. The zero-order valence-corrected chi connectivity index (χ0v) is 13.9. The van der Waals surface area contributed by atoms with Crippen molar-refractivity contribution in [2.45, 2.75) is 26.2 Å². The predicted octanol–water partition coefficient (Wildman–Crippen LogP) is 2.44. The standard InChI is InChI=1S/C17H23N3O4/c1-2-24-15-6-3-5-14(16(15)20(22)23)18-9-4-10-19(12-11-18)17(21)13-7-8-13/h3,5-6,13H,2,4,7-12H2,1H3. The van der Waals surface area contributed by atoms with Gasteiger partial charge in [0.1, 0.15) is 5.69 Å². The highest BCUT2D eigenvalue weighted by molar-refractivity contribution is 5.81. The zero-order chi connectivity index (χ0) is 17.1. The molecule has 0 aromatic heterocycles. The maximum absolute atomic E-state index is 12.2. The van der Waals surface area contributed by atoms with Crippen molar-refractivity contribution in [2.24, 2.45) is 5.92 Å². The lowest BCUT2D eigenvalue weighted by atomic mass is 10.2. The van der Waals surface area contributed by atoms with Gasteiger partial charge in [-0.05, 0) is 38.3 Å². The molecular weight excluding hydrogens is 310 g/mol. The van der Waals surface area contributed by atoms with Crippen LogP contribution in [0.2, 0.25) is 0 Å². The Hall–Kier alpha value is -2.31. The fourth-order valence-corrected chi connectivity index (χ4v) is 3.19. The van der Waals surface area contributed by atoms with E-state index in [4.69, 9.17) is 4.74 Å². The zero-order valence-electron chi connectivity index (χ0n) is 13.9. The van der Waals surface area contributed by atoms with Gasteiger partial charge in [-0.2, -0.15) is 0 Å². The molecular formula is C17H23N3O4. The summed E-state index contributed by atoms with van der Waals surface area (Å²) in [6, 6.07) is 5.18. The summed E-state index contributed by atoms with van der Waals surface area (Å²) < 4.78 is 5.43. The molecule has 1 aliphatic heterocycles. The van der Waals surface area contributed by atoms with E-state index in [-0.39, 0.29) is 22.4 Å². The summed E-state index contributed by atoms with van der Waals surface area (Å²) in [5.41, 5.74) is 0.591. The molecule has 2 fully saturated rings. The Kier molecular flexibility index (Phi) is 4.87. The molecule has 2 aliphatic rings. The van der Waals surface area contributed by atoms with E-state index >= 15 is 0 Å². The van der Waals surface area contributed by atoms with Gasteiger partial charge in [-0.3, -0.25) is 14.9 Å². The molecule has 24 heavy (non-hydrogen) atoms. The topological polar surface area (TPSA) is 75.9 Å². The number of benzene rings is 1. The maximum atomic E-state index is 12.2. The molecule has 1 saturated carbocycles. The number of hydrogen-bond acceptors (Lipinski definition) is 5. The molecule has 7 heteroatoms. The number of amides is 1. The van der Waals surface area contributed by atoms with Gasteiger partial charge in [-0.25, -0.2) is 0 Å². The van der Waals surface area contributed by atoms with Crippen molar-refractivity contribution in [3.05, 3.63) is 28.3 Å². The number of nitro benzene ring substituents is 1. The third kappa shape index (κ3) is 3.44. The number of carbonyl (C=O) groups is 1. The van der Waals surface area contributed by atoms with Crippen molar-refractivity contribution in [1.29, 1.82) is 0 Å². The highest BCUT2D eigenvalue weighted by Crippen LogP contribution is 2.38. The van der Waals surface area contributed by atoms with Crippen LogP contribution in [0.3, 0.4) is 0 Å². The average molecular weight is 333 g/mol. The van der Waals surface area contributed by atoms with Crippen molar-refractivity contribution in [2.75, 3.05) is 37.7 Å². The Labute approximate surface area is 141 Å². The Morgan fingerprint density at radius 2 is 2.08 bits per heavy atom. The number of hydrogen-bond donors (Lipinski definition) is 0. The number of carbonyl (C=O) groups excluding carboxylic acids is 1. The second-order valence-corrected chi connectivity index (χ2v) is 6.25. The molecule has 1 heterocycles. The quantitative estimate of drug-likeness (QED) is 0.611. The normalized spacial score (nSPS) is 18.2. The molecule has 0 radical (unpaired) electrons. The van der Waals surface area contributed by atoms with Gasteiger partial charge in [0.2, 0.25) is 5.91 Å². The summed E-state index contributed by atoms with van der Waals surface area (Å²) in [7, 11) is 0. The van der Waals surface area contributed by atoms with Crippen LogP contribution in [0.25, 0.3) is 0 Å². The van der Waals surface area contributed by atoms with Gasteiger partial charge in [0.15, 0.2) is 5.75 Å². The van der Waals surface area contributed by atoms with E-state index in [1.165, 1.54) is 0 Å². The minimum absolute atomic E-state index is 0.0151. The molecule has 0 atom stereocenters. The van der Waals surface area contributed by atoms with E-state index in [1.54, 1.807) is 18.2 Å². The van der Waals surface area contributed by atoms with Crippen molar-refractivity contribution in [3.63, 3.8) is 0 Å². The number of rotatable bonds is 5. The van der Waals surface area contributed by atoms with E-state index in [9.17, 15) is 14.9 Å². The molecule has 0 unspecified atom stereocenters. The van der Waals surface area contributed by atoms with Gasteiger partial charge in [0.25, 0.3) is 0 Å². The lowest BCUT2D eigenvalue weighted by Gasteiger charge is -2.24. The van der Waals surface area contributed by atoms with Crippen molar-refractivity contribution in [1.82, 2.24) is 4.90 Å². The van der Waals surface area contributed by atoms with Crippen LogP contribution >= 0.6 is 0 Å². The Morgan fingerprint density at radius 3 is 2.75 bits per heavy atom. The molecule has 3 rings (SSSR count). The van der Waals surface area contributed by atoms with E-state index in [0.29, 0.717) is 37.7 Å². The first-order valence-corrected chi connectivity index (χ1v) is 8.55. The Bertz CT molecular complexity index is 630. The summed E-state index contributed by atoms with van der Waals surface area (Å²) in [5.74, 6) is 0.761. The van der Waals surface area contributed by atoms with Gasteiger partial charge in [0, 0.05) is 32.1 Å². The van der Waals surface area contributed by atoms with Crippen molar-refractivity contribution < 1.29 is 14.5 Å². The van der Waals surface area contributed by atoms with Gasteiger partial charge in [0.05, 0.1) is 11.5 Å². The number of ether oxygens (including phenoxy) is 1. The second kappa shape index (κ2) is 7.07. The first kappa shape index (κ1) is 16.5. The number of nitro groups is 1. The average Bonchev–Trinajstić information content (AvgIpc) is 3.40. The lowest BCUT2D eigenvalue weighted by molar-refractivity contribution is -0.385. The minimum atomic E-state index is -0.377. The molecule has 0 N–H and O–H groups in total. The molecule has 1 saturated heterocycles. The van der Waals surface area contributed by atoms with Gasteiger partial charge in [-0.15, -0.1) is 0 Å². The van der Waals surface area contributed by atoms with Gasteiger partial charge >= 0.3 is 5.69 Å². The fourth-order valence-electron chi connectivity index (χ4n) is 3.19. The van der Waals surface area contributed by atoms with Crippen LogP contribution in [0.4, 0.5) is 11.4 Å². The molecule has 1 aliphatic carbocycles. The van der Waals surface area contributed by atoms with Crippen LogP contribution in [0.5, 0.6) is 5.75 Å². The van der Waals surface area contributed by atoms with Crippen molar-refractivity contribution >= 4 is 17.3 Å². The van der Waals surface area contributed by atoms with Crippen LogP contribution in [0.1, 0.15) is 26.2 Å². The smallest absolute Gasteiger partial charge is 0.333 e. The molecule has 7 nitrogen and oxygen atoms in total. The van der Waals surface area contributed by atoms with Crippen LogP contribution in [-0.4, -0.2) is 48.5 Å². The first-order valence-electron chi connectivity index (χ1n) is 8.55. The van der Waals surface area contributed by atoms with Crippen LogP contribution < -0.4 is 9.64 Å². The molecule has 1 amide bonds. The highest BCUT2D eigenvalue weighted by atomic mass is 16.6. The van der Waals surface area contributed by atoms with Crippen molar-refractivity contribution in [3.8, 4) is 5.75 Å². The summed E-state index contributed by atoms with van der Waals surface area (Å²) >= 11 is 0. The fraction of sp³-hybridized carbons (Fsp3) is 0.588. The molecule has 130 valence electrons. The number of anilines is 1. The summed E-state index contributed by atoms with van der Waals surface area (Å²) in [6.45, 7) is 4.84. The molecule has 1 aromatic carbocycles. The minimum Gasteiger partial charge on any atom is -0.487 e. The van der Waals surface area contributed by atoms with Gasteiger partial charge < -0.3 is 14.5 Å². The SMILES string of the molecule is CCOc1cccc(N2CCCN(C(=O)C3CC3)CC2)c1[N+](=O)[O-]. The predicted molar refractivity (Wildman–Crippen MR) is 90.4 cm³/mol. The van der Waals surface area contributed by atoms with Crippen LogP contribution in [0.15, 0.2) is 18.2 Å². The number of nitrogens with zero attached hydrogens (tertiary/aromatic N) is 3. The van der Waals surface area contributed by atoms with Gasteiger partial charge in [-0.1, -0.05) is 6.07 Å². The summed E-state index contributed by atoms with van der Waals surface area (Å²) in [5, 5.41) is 11.6. The monoisotopic (exact) mass is 333 g/mol. The molecule has 1 aromatic rings. The highest BCUT2D eigenvalue weighted by Gasteiger charge is 2.34. The molecule has 0 spiro atoms.